The van der Waals surface area contributed by atoms with Gasteiger partial charge >= 0.3 is 0 Å². The Hall–Kier alpha value is -0.770. The van der Waals surface area contributed by atoms with E-state index in [1.165, 1.54) is 0 Å². The number of halogens is 1. The summed E-state index contributed by atoms with van der Waals surface area (Å²) in [4.78, 5) is 2.14. The summed E-state index contributed by atoms with van der Waals surface area (Å²) >= 11 is 6.33. The van der Waals surface area contributed by atoms with Crippen LogP contribution < -0.4 is 10.2 Å². The molecule has 20 heavy (non-hydrogen) atoms. The van der Waals surface area contributed by atoms with Gasteiger partial charge in [0.25, 0.3) is 0 Å². The van der Waals surface area contributed by atoms with E-state index in [0.717, 1.165) is 55.0 Å². The molecule has 1 fully saturated rings. The van der Waals surface area contributed by atoms with Gasteiger partial charge in [0.2, 0.25) is 0 Å². The van der Waals surface area contributed by atoms with Crippen LogP contribution in [0.3, 0.4) is 0 Å². The van der Waals surface area contributed by atoms with Crippen LogP contribution in [0.25, 0.3) is 0 Å². The fourth-order valence-corrected chi connectivity index (χ4v) is 3.28. The van der Waals surface area contributed by atoms with Gasteiger partial charge < -0.3 is 15.3 Å². The number of anilines is 1. The molecular weight excluding hydrogens is 272 g/mol. The lowest BCUT2D eigenvalue weighted by atomic mass is 10.0. The molecule has 0 bridgehead atoms. The molecule has 2 rings (SSSR count). The van der Waals surface area contributed by atoms with Gasteiger partial charge in [-0.3, -0.25) is 0 Å². The summed E-state index contributed by atoms with van der Waals surface area (Å²) in [6, 6.07) is 5.98. The van der Waals surface area contributed by atoms with Gasteiger partial charge in [-0.25, -0.2) is 0 Å². The van der Waals surface area contributed by atoms with Gasteiger partial charge in [-0.1, -0.05) is 37.4 Å². The molecule has 1 saturated carbocycles. The highest BCUT2D eigenvalue weighted by atomic mass is 35.5. The van der Waals surface area contributed by atoms with Crippen molar-refractivity contribution in [1.82, 2.24) is 5.32 Å². The van der Waals surface area contributed by atoms with E-state index in [9.17, 15) is 5.11 Å². The fraction of sp³-hybridized carbons (Fsp3) is 0.625. The Labute approximate surface area is 126 Å². The Morgan fingerprint density at radius 2 is 2.05 bits per heavy atom. The van der Waals surface area contributed by atoms with Crippen LogP contribution in [0.4, 0.5) is 5.69 Å². The number of nitrogens with zero attached hydrogens (tertiary/aromatic N) is 1. The number of benzene rings is 1. The van der Waals surface area contributed by atoms with Crippen LogP contribution >= 0.6 is 11.6 Å². The van der Waals surface area contributed by atoms with Crippen molar-refractivity contribution in [2.24, 2.45) is 0 Å². The SMILES string of the molecule is CCNCc1c(Cl)cccc1N(C)CC1(O)CCCC1. The van der Waals surface area contributed by atoms with Crippen LogP contribution in [0.2, 0.25) is 5.02 Å². The monoisotopic (exact) mass is 296 g/mol. The van der Waals surface area contributed by atoms with Crippen molar-refractivity contribution in [2.75, 3.05) is 25.0 Å². The Bertz CT molecular complexity index is 444. The van der Waals surface area contributed by atoms with Crippen LogP contribution in [-0.2, 0) is 6.54 Å². The van der Waals surface area contributed by atoms with E-state index in [-0.39, 0.29) is 0 Å². The summed E-state index contributed by atoms with van der Waals surface area (Å²) in [6.45, 7) is 4.43. The largest absolute Gasteiger partial charge is 0.388 e. The van der Waals surface area contributed by atoms with E-state index in [0.29, 0.717) is 6.54 Å². The van der Waals surface area contributed by atoms with Gasteiger partial charge in [0, 0.05) is 36.4 Å². The average molecular weight is 297 g/mol. The first-order chi connectivity index (χ1) is 9.56. The second kappa shape index (κ2) is 6.79. The summed E-state index contributed by atoms with van der Waals surface area (Å²) in [7, 11) is 2.04. The molecule has 2 N–H and O–H groups in total. The Morgan fingerprint density at radius 1 is 1.35 bits per heavy atom. The number of nitrogens with one attached hydrogen (secondary N) is 1. The van der Waals surface area contributed by atoms with Crippen molar-refractivity contribution in [1.29, 1.82) is 0 Å². The van der Waals surface area contributed by atoms with Crippen molar-refractivity contribution in [3.63, 3.8) is 0 Å². The molecule has 112 valence electrons. The van der Waals surface area contributed by atoms with E-state index >= 15 is 0 Å². The molecule has 0 aliphatic heterocycles. The first-order valence-corrected chi connectivity index (χ1v) is 7.85. The normalized spacial score (nSPS) is 17.4. The number of likely N-dealkylation sites (N-methyl/N-ethyl adjacent to an activating group) is 1. The second-order valence-corrected chi connectivity index (χ2v) is 6.21. The maximum absolute atomic E-state index is 10.6. The lowest BCUT2D eigenvalue weighted by Gasteiger charge is -2.31. The fourth-order valence-electron chi connectivity index (χ4n) is 3.05. The molecule has 1 aromatic rings. The Balaban J connectivity index is 2.15. The summed E-state index contributed by atoms with van der Waals surface area (Å²) in [6.07, 6.45) is 4.06. The van der Waals surface area contributed by atoms with Gasteiger partial charge in [0.15, 0.2) is 0 Å². The zero-order chi connectivity index (χ0) is 14.6. The summed E-state index contributed by atoms with van der Waals surface area (Å²) in [5.41, 5.74) is 1.69. The van der Waals surface area contributed by atoms with Crippen LogP contribution in [0.5, 0.6) is 0 Å². The van der Waals surface area contributed by atoms with Gasteiger partial charge in [-0.15, -0.1) is 0 Å². The summed E-state index contributed by atoms with van der Waals surface area (Å²) < 4.78 is 0. The van der Waals surface area contributed by atoms with Crippen LogP contribution in [0, 0.1) is 0 Å². The molecular formula is C16H25ClN2O. The molecule has 0 radical (unpaired) electrons. The van der Waals surface area contributed by atoms with E-state index in [4.69, 9.17) is 11.6 Å². The highest BCUT2D eigenvalue weighted by Crippen LogP contribution is 2.33. The zero-order valence-corrected chi connectivity index (χ0v) is 13.2. The minimum Gasteiger partial charge on any atom is -0.388 e. The number of hydrogen-bond acceptors (Lipinski definition) is 3. The molecule has 0 heterocycles. The highest BCUT2D eigenvalue weighted by molar-refractivity contribution is 6.31. The van der Waals surface area contributed by atoms with Crippen molar-refractivity contribution < 1.29 is 5.11 Å². The zero-order valence-electron chi connectivity index (χ0n) is 12.5. The van der Waals surface area contributed by atoms with Crippen molar-refractivity contribution >= 4 is 17.3 Å². The predicted octanol–water partition coefficient (Wildman–Crippen LogP) is 3.19. The van der Waals surface area contributed by atoms with Crippen LogP contribution in [0.1, 0.15) is 38.2 Å². The van der Waals surface area contributed by atoms with Gasteiger partial charge in [0.1, 0.15) is 0 Å². The predicted molar refractivity (Wildman–Crippen MR) is 85.5 cm³/mol. The lowest BCUT2D eigenvalue weighted by Crippen LogP contribution is -2.39. The standard InChI is InChI=1S/C16H25ClN2O/c1-3-18-11-13-14(17)7-6-8-15(13)19(2)12-16(20)9-4-5-10-16/h6-8,18,20H,3-5,9-12H2,1-2H3. The van der Waals surface area contributed by atoms with Crippen molar-refractivity contribution in [2.45, 2.75) is 44.8 Å². The number of rotatable bonds is 6. The van der Waals surface area contributed by atoms with Gasteiger partial charge in [-0.05, 0) is 31.5 Å². The molecule has 0 aromatic heterocycles. The first-order valence-electron chi connectivity index (χ1n) is 7.47. The van der Waals surface area contributed by atoms with Gasteiger partial charge in [0.05, 0.1) is 5.60 Å². The molecule has 1 aliphatic carbocycles. The van der Waals surface area contributed by atoms with E-state index in [1.54, 1.807) is 0 Å². The number of aliphatic hydroxyl groups is 1. The summed E-state index contributed by atoms with van der Waals surface area (Å²) in [5.74, 6) is 0. The smallest absolute Gasteiger partial charge is 0.0821 e. The maximum atomic E-state index is 10.6. The average Bonchev–Trinajstić information content (AvgIpc) is 2.83. The van der Waals surface area contributed by atoms with E-state index in [2.05, 4.69) is 23.2 Å². The Morgan fingerprint density at radius 3 is 2.70 bits per heavy atom. The molecule has 0 spiro atoms. The minimum atomic E-state index is -0.535. The molecule has 1 aliphatic rings. The Kier molecular flexibility index (Phi) is 5.30. The van der Waals surface area contributed by atoms with E-state index < -0.39 is 5.60 Å². The molecule has 0 amide bonds. The van der Waals surface area contributed by atoms with Crippen LogP contribution in [-0.4, -0.2) is 30.8 Å². The molecule has 3 nitrogen and oxygen atoms in total. The van der Waals surface area contributed by atoms with Crippen molar-refractivity contribution in [3.8, 4) is 0 Å². The second-order valence-electron chi connectivity index (χ2n) is 5.81. The third-order valence-corrected chi connectivity index (χ3v) is 4.48. The topological polar surface area (TPSA) is 35.5 Å². The molecule has 0 unspecified atom stereocenters. The van der Waals surface area contributed by atoms with Gasteiger partial charge in [-0.2, -0.15) is 0 Å². The molecule has 4 heteroatoms. The highest BCUT2D eigenvalue weighted by Gasteiger charge is 2.32. The molecule has 1 aromatic carbocycles. The summed E-state index contributed by atoms with van der Waals surface area (Å²) in [5, 5.41) is 14.7. The third kappa shape index (κ3) is 3.66. The molecule has 0 saturated heterocycles. The van der Waals surface area contributed by atoms with E-state index in [1.807, 2.05) is 19.2 Å². The number of hydrogen-bond donors (Lipinski definition) is 2. The first kappa shape index (κ1) is 15.6. The van der Waals surface area contributed by atoms with Crippen molar-refractivity contribution in [3.05, 3.63) is 28.8 Å². The minimum absolute atomic E-state index is 0.535. The van der Waals surface area contributed by atoms with Crippen LogP contribution in [0.15, 0.2) is 18.2 Å². The third-order valence-electron chi connectivity index (χ3n) is 4.12. The lowest BCUT2D eigenvalue weighted by molar-refractivity contribution is 0.0559. The quantitative estimate of drug-likeness (QED) is 0.846. The maximum Gasteiger partial charge on any atom is 0.0821 e. The molecule has 0 atom stereocenters.